The lowest BCUT2D eigenvalue weighted by Gasteiger charge is -2.54. The normalized spacial score (nSPS) is 22.3. The molecule has 2 amide bonds. The number of ether oxygens (including phenoxy) is 2. The second-order valence-corrected chi connectivity index (χ2v) is 7.28. The van der Waals surface area contributed by atoms with Gasteiger partial charge in [-0.15, -0.1) is 0 Å². The molecule has 0 saturated carbocycles. The van der Waals surface area contributed by atoms with Crippen LogP contribution in [-0.2, 0) is 20.8 Å². The zero-order valence-electron chi connectivity index (χ0n) is 15.8. The fourth-order valence-electron chi connectivity index (χ4n) is 3.48. The van der Waals surface area contributed by atoms with Crippen LogP contribution in [0.2, 0.25) is 0 Å². The number of carbonyl (C=O) groups excluding carboxylic acids is 2. The zero-order valence-corrected chi connectivity index (χ0v) is 15.8. The van der Waals surface area contributed by atoms with E-state index in [9.17, 15) is 9.59 Å². The van der Waals surface area contributed by atoms with Crippen molar-refractivity contribution in [2.24, 2.45) is 0 Å². The summed E-state index contributed by atoms with van der Waals surface area (Å²) in [7, 11) is 7.05. The van der Waals surface area contributed by atoms with Gasteiger partial charge in [0.05, 0.1) is 32.8 Å². The number of nitrogens with zero attached hydrogens (tertiary/aromatic N) is 5. The predicted octanol–water partition coefficient (Wildman–Crippen LogP) is -0.857. The van der Waals surface area contributed by atoms with Crippen molar-refractivity contribution >= 4 is 11.8 Å². The van der Waals surface area contributed by atoms with Crippen molar-refractivity contribution in [3.63, 3.8) is 0 Å². The third-order valence-corrected chi connectivity index (χ3v) is 4.97. The number of hydrogen-bond acceptors (Lipinski definition) is 6. The van der Waals surface area contributed by atoms with Crippen molar-refractivity contribution in [1.29, 1.82) is 0 Å². The summed E-state index contributed by atoms with van der Waals surface area (Å²) >= 11 is 0. The van der Waals surface area contributed by atoms with Gasteiger partial charge in [-0.3, -0.25) is 19.2 Å². The molecule has 0 N–H and O–H groups in total. The maximum atomic E-state index is 12.6. The Hall–Kier alpha value is -1.97. The lowest BCUT2D eigenvalue weighted by atomic mass is 9.90. The van der Waals surface area contributed by atoms with E-state index in [1.807, 2.05) is 11.9 Å². The Morgan fingerprint density at radius 1 is 1.38 bits per heavy atom. The first-order valence-corrected chi connectivity index (χ1v) is 8.72. The molecule has 0 bridgehead atoms. The second kappa shape index (κ2) is 7.34. The van der Waals surface area contributed by atoms with Gasteiger partial charge in [0, 0.05) is 33.9 Å². The second-order valence-electron chi connectivity index (χ2n) is 7.28. The van der Waals surface area contributed by atoms with Crippen LogP contribution >= 0.6 is 0 Å². The SMILES string of the molecule is COCCn1ccc(C(=O)N2CC3(C2)CN(C)C(C(=O)N(C)C)CO3)n1. The van der Waals surface area contributed by atoms with Crippen LogP contribution in [0, 0.1) is 0 Å². The average molecular weight is 365 g/mol. The first-order chi connectivity index (χ1) is 12.3. The fraction of sp³-hybridized carbons (Fsp3) is 0.706. The monoisotopic (exact) mass is 365 g/mol. The third-order valence-electron chi connectivity index (χ3n) is 4.97. The highest BCUT2D eigenvalue weighted by atomic mass is 16.5. The predicted molar refractivity (Wildman–Crippen MR) is 93.8 cm³/mol. The minimum absolute atomic E-state index is 0.0382. The molecule has 1 aromatic rings. The van der Waals surface area contributed by atoms with Gasteiger partial charge in [-0.2, -0.15) is 5.10 Å². The van der Waals surface area contributed by atoms with Crippen LogP contribution in [0.15, 0.2) is 12.3 Å². The Morgan fingerprint density at radius 2 is 2.12 bits per heavy atom. The molecule has 1 atom stereocenters. The fourth-order valence-corrected chi connectivity index (χ4v) is 3.48. The zero-order chi connectivity index (χ0) is 18.9. The maximum Gasteiger partial charge on any atom is 0.274 e. The van der Waals surface area contributed by atoms with Crippen molar-refractivity contribution in [2.45, 2.75) is 18.2 Å². The highest BCUT2D eigenvalue weighted by Crippen LogP contribution is 2.31. The lowest BCUT2D eigenvalue weighted by molar-refractivity contribution is -0.190. The number of hydrogen-bond donors (Lipinski definition) is 0. The van der Waals surface area contributed by atoms with Crippen LogP contribution in [-0.4, -0.2) is 109 Å². The highest BCUT2D eigenvalue weighted by molar-refractivity contribution is 5.93. The van der Waals surface area contributed by atoms with Crippen LogP contribution in [0.5, 0.6) is 0 Å². The minimum Gasteiger partial charge on any atom is -0.383 e. The van der Waals surface area contributed by atoms with E-state index in [4.69, 9.17) is 9.47 Å². The molecule has 26 heavy (non-hydrogen) atoms. The number of likely N-dealkylation sites (tertiary alicyclic amines) is 1. The van der Waals surface area contributed by atoms with Crippen molar-refractivity contribution in [2.75, 3.05) is 61.1 Å². The van der Waals surface area contributed by atoms with Gasteiger partial charge in [0.2, 0.25) is 5.91 Å². The van der Waals surface area contributed by atoms with Gasteiger partial charge in [0.1, 0.15) is 17.3 Å². The van der Waals surface area contributed by atoms with Crippen molar-refractivity contribution in [3.05, 3.63) is 18.0 Å². The van der Waals surface area contributed by atoms with Crippen molar-refractivity contribution < 1.29 is 19.1 Å². The van der Waals surface area contributed by atoms with Gasteiger partial charge in [-0.1, -0.05) is 0 Å². The van der Waals surface area contributed by atoms with E-state index in [0.29, 0.717) is 45.1 Å². The summed E-state index contributed by atoms with van der Waals surface area (Å²) in [4.78, 5) is 30.1. The van der Waals surface area contributed by atoms with Crippen molar-refractivity contribution in [1.82, 2.24) is 24.5 Å². The number of likely N-dealkylation sites (N-methyl/N-ethyl adjacent to an activating group) is 2. The molecule has 1 spiro atoms. The summed E-state index contributed by atoms with van der Waals surface area (Å²) in [6.45, 7) is 3.18. The van der Waals surface area contributed by atoms with Gasteiger partial charge in [0.25, 0.3) is 5.91 Å². The molecule has 3 heterocycles. The van der Waals surface area contributed by atoms with Gasteiger partial charge in [-0.05, 0) is 13.1 Å². The highest BCUT2D eigenvalue weighted by Gasteiger charge is 2.51. The molecular formula is C17H27N5O4. The summed E-state index contributed by atoms with van der Waals surface area (Å²) in [5.41, 5.74) is 0.0485. The van der Waals surface area contributed by atoms with Crippen LogP contribution in [0.25, 0.3) is 0 Å². The Bertz CT molecular complexity index is 668. The Morgan fingerprint density at radius 3 is 2.73 bits per heavy atom. The molecule has 9 heteroatoms. The van der Waals surface area contributed by atoms with E-state index in [-0.39, 0.29) is 23.5 Å². The Labute approximate surface area is 153 Å². The van der Waals surface area contributed by atoms with Crippen LogP contribution in [0.4, 0.5) is 0 Å². The van der Waals surface area contributed by atoms with Gasteiger partial charge >= 0.3 is 0 Å². The van der Waals surface area contributed by atoms with E-state index < -0.39 is 0 Å². The van der Waals surface area contributed by atoms with Gasteiger partial charge < -0.3 is 19.3 Å². The van der Waals surface area contributed by atoms with Crippen LogP contribution < -0.4 is 0 Å². The number of rotatable bonds is 5. The molecule has 1 unspecified atom stereocenters. The molecule has 2 fully saturated rings. The molecule has 144 valence electrons. The van der Waals surface area contributed by atoms with E-state index >= 15 is 0 Å². The topological polar surface area (TPSA) is 80.1 Å². The van der Waals surface area contributed by atoms with Gasteiger partial charge in [-0.25, -0.2) is 0 Å². The molecule has 2 aliphatic rings. The summed E-state index contributed by atoms with van der Waals surface area (Å²) in [6.07, 6.45) is 1.78. The van der Waals surface area contributed by atoms with Crippen LogP contribution in [0.1, 0.15) is 10.5 Å². The number of morpholine rings is 1. The number of methoxy groups -OCH3 is 1. The smallest absolute Gasteiger partial charge is 0.274 e. The summed E-state index contributed by atoms with van der Waals surface area (Å²) < 4.78 is 12.7. The number of aromatic nitrogens is 2. The van der Waals surface area contributed by atoms with Gasteiger partial charge in [0.15, 0.2) is 0 Å². The molecule has 3 rings (SSSR count). The molecule has 0 radical (unpaired) electrons. The summed E-state index contributed by atoms with van der Waals surface area (Å²) in [5, 5.41) is 4.30. The Kier molecular flexibility index (Phi) is 5.31. The quantitative estimate of drug-likeness (QED) is 0.676. The summed E-state index contributed by atoms with van der Waals surface area (Å²) in [5.74, 6) is -0.0549. The maximum absolute atomic E-state index is 12.6. The van der Waals surface area contributed by atoms with Crippen molar-refractivity contribution in [3.8, 4) is 0 Å². The molecule has 9 nitrogen and oxygen atoms in total. The first-order valence-electron chi connectivity index (χ1n) is 8.72. The number of carbonyl (C=O) groups is 2. The molecule has 0 aromatic carbocycles. The molecule has 2 saturated heterocycles. The van der Waals surface area contributed by atoms with E-state index in [2.05, 4.69) is 5.10 Å². The molecule has 0 aliphatic carbocycles. The third kappa shape index (κ3) is 3.60. The van der Waals surface area contributed by atoms with E-state index in [0.717, 1.165) is 0 Å². The van der Waals surface area contributed by atoms with E-state index in [1.54, 1.807) is 47.9 Å². The Balaban J connectivity index is 1.54. The van der Waals surface area contributed by atoms with E-state index in [1.165, 1.54) is 0 Å². The number of amides is 2. The first kappa shape index (κ1) is 18.8. The summed E-state index contributed by atoms with van der Waals surface area (Å²) in [6, 6.07) is 1.46. The average Bonchev–Trinajstić information content (AvgIpc) is 3.05. The minimum atomic E-state index is -0.383. The molecular weight excluding hydrogens is 338 g/mol. The molecule has 2 aliphatic heterocycles. The standard InChI is InChI=1S/C17H27N5O4/c1-19(2)16(24)14-9-26-17(10-20(14)3)11-21(12-17)15(23)13-5-6-22(18-13)7-8-25-4/h5-6,14H,7-12H2,1-4H3. The largest absolute Gasteiger partial charge is 0.383 e. The molecule has 1 aromatic heterocycles. The lowest BCUT2D eigenvalue weighted by Crippen LogP contribution is -2.73. The van der Waals surface area contributed by atoms with Crippen LogP contribution in [0.3, 0.4) is 0 Å².